The van der Waals surface area contributed by atoms with Gasteiger partial charge in [-0.05, 0) is 70.0 Å². The quantitative estimate of drug-likeness (QED) is 0.411. The molecule has 2 aromatic carbocycles. The van der Waals surface area contributed by atoms with Crippen molar-refractivity contribution in [3.05, 3.63) is 72.3 Å². The number of benzene rings is 2. The molecule has 3 amide bonds. The highest BCUT2D eigenvalue weighted by atomic mass is 16.6. The number of carbonyl (C=O) groups excluding carboxylic acids is 2. The Hall–Kier alpha value is -4.05. The Morgan fingerprint density at radius 1 is 1.07 bits per heavy atom. The molecule has 2 aliphatic rings. The number of urea groups is 1. The maximum Gasteiger partial charge on any atom is 0.410 e. The number of anilines is 1. The van der Waals surface area contributed by atoms with E-state index >= 15 is 0 Å². The normalized spacial score (nSPS) is 19.1. The van der Waals surface area contributed by atoms with Gasteiger partial charge in [0, 0.05) is 63.3 Å². The molecule has 1 unspecified atom stereocenters. The zero-order valence-electron chi connectivity index (χ0n) is 25.2. The molecule has 10 nitrogen and oxygen atoms in total. The van der Waals surface area contributed by atoms with Gasteiger partial charge in [0.15, 0.2) is 0 Å². The van der Waals surface area contributed by atoms with E-state index in [1.54, 1.807) is 16.1 Å². The Kier molecular flexibility index (Phi) is 8.72. The summed E-state index contributed by atoms with van der Waals surface area (Å²) < 4.78 is 13.6. The van der Waals surface area contributed by atoms with Gasteiger partial charge in [0.2, 0.25) is 0 Å². The van der Waals surface area contributed by atoms with Gasteiger partial charge in [0.05, 0.1) is 18.6 Å². The van der Waals surface area contributed by atoms with Crippen LogP contribution in [-0.4, -0.2) is 87.3 Å². The number of carbonyl (C=O) groups is 2. The van der Waals surface area contributed by atoms with Crippen molar-refractivity contribution in [3.63, 3.8) is 0 Å². The minimum atomic E-state index is -0.526. The topological polar surface area (TPSA) is 92.2 Å². The number of hydrogen-bond donors (Lipinski definition) is 1. The van der Waals surface area contributed by atoms with Crippen molar-refractivity contribution in [1.82, 2.24) is 24.3 Å². The molecule has 3 heterocycles. The largest absolute Gasteiger partial charge is 0.489 e. The van der Waals surface area contributed by atoms with Crippen molar-refractivity contribution in [3.8, 4) is 11.4 Å². The van der Waals surface area contributed by atoms with Gasteiger partial charge >= 0.3 is 12.1 Å². The summed E-state index contributed by atoms with van der Waals surface area (Å²) in [4.78, 5) is 36.1. The number of aromatic nitrogens is 2. The molecule has 2 saturated heterocycles. The number of imidazole rings is 1. The molecule has 0 radical (unpaired) electrons. The second-order valence-corrected chi connectivity index (χ2v) is 12.3. The van der Waals surface area contributed by atoms with Gasteiger partial charge in [0.25, 0.3) is 0 Å². The third-order valence-corrected chi connectivity index (χ3v) is 7.60. The molecule has 0 spiro atoms. The first-order chi connectivity index (χ1) is 20.0. The van der Waals surface area contributed by atoms with Crippen LogP contribution >= 0.6 is 0 Å². The first-order valence-electron chi connectivity index (χ1n) is 14.6. The Morgan fingerprint density at radius 3 is 2.57 bits per heavy atom. The van der Waals surface area contributed by atoms with Crippen LogP contribution < -0.4 is 10.1 Å². The highest BCUT2D eigenvalue weighted by Crippen LogP contribution is 2.25. The molecule has 1 aromatic heterocycles. The molecule has 0 bridgehead atoms. The number of nitrogens with one attached hydrogen (secondary N) is 1. The number of likely N-dealkylation sites (tertiary alicyclic amines) is 2. The van der Waals surface area contributed by atoms with E-state index in [9.17, 15) is 9.59 Å². The van der Waals surface area contributed by atoms with E-state index < -0.39 is 5.60 Å². The first-order valence-corrected chi connectivity index (χ1v) is 14.6. The summed E-state index contributed by atoms with van der Waals surface area (Å²) in [5, 5.41) is 3.12. The van der Waals surface area contributed by atoms with Crippen molar-refractivity contribution in [2.75, 3.05) is 38.5 Å². The van der Waals surface area contributed by atoms with Crippen molar-refractivity contribution in [2.24, 2.45) is 0 Å². The third kappa shape index (κ3) is 7.61. The summed E-state index contributed by atoms with van der Waals surface area (Å²) in [6.45, 7) is 11.1. The van der Waals surface area contributed by atoms with Crippen LogP contribution in [0, 0.1) is 6.92 Å². The van der Waals surface area contributed by atoms with E-state index in [0.717, 1.165) is 54.3 Å². The fourth-order valence-corrected chi connectivity index (χ4v) is 5.47. The zero-order chi connectivity index (χ0) is 29.9. The van der Waals surface area contributed by atoms with Gasteiger partial charge in [-0.2, -0.15) is 0 Å². The lowest BCUT2D eigenvalue weighted by atomic mass is 10.1. The van der Waals surface area contributed by atoms with Gasteiger partial charge in [0.1, 0.15) is 17.5 Å². The van der Waals surface area contributed by atoms with Gasteiger partial charge in [-0.15, -0.1) is 0 Å². The Balaban J connectivity index is 1.25. The van der Waals surface area contributed by atoms with Crippen LogP contribution in [0.5, 0.6) is 5.75 Å². The Morgan fingerprint density at radius 2 is 1.86 bits per heavy atom. The van der Waals surface area contributed by atoms with Crippen molar-refractivity contribution in [1.29, 1.82) is 0 Å². The Labute approximate surface area is 248 Å². The molecule has 0 aliphatic carbocycles. The van der Waals surface area contributed by atoms with Crippen LogP contribution in [0.4, 0.5) is 15.3 Å². The lowest BCUT2D eigenvalue weighted by Crippen LogP contribution is -2.42. The number of hydrogen-bond acceptors (Lipinski definition) is 6. The number of likely N-dealkylation sites (N-methyl/N-ethyl adjacent to an activating group) is 1. The minimum Gasteiger partial charge on any atom is -0.489 e. The lowest BCUT2D eigenvalue weighted by molar-refractivity contribution is 0.0228. The highest BCUT2D eigenvalue weighted by molar-refractivity contribution is 5.90. The Bertz CT molecular complexity index is 1390. The molecule has 42 heavy (non-hydrogen) atoms. The summed E-state index contributed by atoms with van der Waals surface area (Å²) in [5.74, 6) is 0.819. The number of rotatable bonds is 7. The molecular formula is C32H42N6O4. The molecule has 5 rings (SSSR count). The summed E-state index contributed by atoms with van der Waals surface area (Å²) in [5.41, 5.74) is 3.12. The maximum atomic E-state index is 13.3. The second kappa shape index (κ2) is 12.4. The number of ether oxygens (including phenoxy) is 2. The van der Waals surface area contributed by atoms with E-state index in [-0.39, 0.29) is 24.3 Å². The van der Waals surface area contributed by atoms with E-state index in [1.165, 1.54) is 0 Å². The molecule has 2 atom stereocenters. The van der Waals surface area contributed by atoms with E-state index in [1.807, 2.05) is 88.0 Å². The van der Waals surface area contributed by atoms with Crippen LogP contribution in [0.15, 0.2) is 61.1 Å². The molecular weight excluding hydrogens is 532 g/mol. The average Bonchev–Trinajstić information content (AvgIpc) is 3.69. The van der Waals surface area contributed by atoms with Crippen LogP contribution in [0.25, 0.3) is 5.69 Å². The van der Waals surface area contributed by atoms with Crippen molar-refractivity contribution < 1.29 is 19.1 Å². The summed E-state index contributed by atoms with van der Waals surface area (Å²) in [6, 6.07) is 15.8. The molecule has 3 aromatic rings. The van der Waals surface area contributed by atoms with Crippen LogP contribution in [0.2, 0.25) is 0 Å². The zero-order valence-corrected chi connectivity index (χ0v) is 25.2. The number of amides is 3. The van der Waals surface area contributed by atoms with Gasteiger partial charge in [-0.1, -0.05) is 18.2 Å². The number of aryl methyl sites for hydroxylation is 1. The van der Waals surface area contributed by atoms with Crippen LogP contribution in [-0.2, 0) is 11.3 Å². The monoisotopic (exact) mass is 574 g/mol. The molecule has 10 heteroatoms. The maximum absolute atomic E-state index is 13.3. The molecule has 224 valence electrons. The smallest absolute Gasteiger partial charge is 0.410 e. The summed E-state index contributed by atoms with van der Waals surface area (Å²) in [7, 11) is 1.81. The van der Waals surface area contributed by atoms with Crippen LogP contribution in [0.3, 0.4) is 0 Å². The van der Waals surface area contributed by atoms with E-state index in [2.05, 4.69) is 21.3 Å². The fourth-order valence-electron chi connectivity index (χ4n) is 5.47. The summed E-state index contributed by atoms with van der Waals surface area (Å²) >= 11 is 0. The van der Waals surface area contributed by atoms with E-state index in [0.29, 0.717) is 19.6 Å². The first kappa shape index (κ1) is 29.4. The molecule has 2 aliphatic heterocycles. The highest BCUT2D eigenvalue weighted by Gasteiger charge is 2.31. The minimum absolute atomic E-state index is 0.0316. The average molecular weight is 575 g/mol. The van der Waals surface area contributed by atoms with Crippen LogP contribution in [0.1, 0.15) is 44.9 Å². The lowest BCUT2D eigenvalue weighted by Gasteiger charge is -2.28. The van der Waals surface area contributed by atoms with Gasteiger partial charge < -0.3 is 29.2 Å². The fraction of sp³-hybridized carbons (Fsp3) is 0.469. The third-order valence-electron chi connectivity index (χ3n) is 7.60. The second-order valence-electron chi connectivity index (χ2n) is 12.3. The summed E-state index contributed by atoms with van der Waals surface area (Å²) in [6.07, 6.45) is 5.09. The predicted octanol–water partition coefficient (Wildman–Crippen LogP) is 5.31. The van der Waals surface area contributed by atoms with E-state index in [4.69, 9.17) is 9.47 Å². The SMILES string of the molecule is Cc1cn(-c2cc(CN3CC[C@H](N(C)C(=O)OC(C)(C)C)C3)cc(NC(=O)N3CCC(Oc4ccccc4)C3)c2)cn1. The van der Waals surface area contributed by atoms with Crippen molar-refractivity contribution in [2.45, 2.75) is 64.8 Å². The number of para-hydroxylation sites is 1. The van der Waals surface area contributed by atoms with Gasteiger partial charge in [-0.25, -0.2) is 14.6 Å². The molecule has 2 fully saturated rings. The van der Waals surface area contributed by atoms with Crippen molar-refractivity contribution >= 4 is 17.8 Å². The van der Waals surface area contributed by atoms with Gasteiger partial charge in [-0.3, -0.25) is 4.90 Å². The standard InChI is InChI=1S/C32H42N6O4/c1-23-18-38(22-33-23)27-16-24(19-36-13-11-26(20-36)35(5)31(40)42-32(2,3)4)15-25(17-27)34-30(39)37-14-12-29(21-37)41-28-9-7-6-8-10-28/h6-10,15-18,22,26,29H,11-14,19-21H2,1-5H3,(H,34,39)/t26-,29?/m0/s1. The predicted molar refractivity (Wildman–Crippen MR) is 162 cm³/mol. The molecule has 1 N–H and O–H groups in total. The number of nitrogens with zero attached hydrogens (tertiary/aromatic N) is 5. The molecule has 0 saturated carbocycles.